The fourth-order valence-corrected chi connectivity index (χ4v) is 10.1. The molecule has 4 aliphatic carbocycles. The Morgan fingerprint density at radius 2 is 1.72 bits per heavy atom. The van der Waals surface area contributed by atoms with E-state index >= 15 is 0 Å². The van der Waals surface area contributed by atoms with Crippen LogP contribution in [0.5, 0.6) is 0 Å². The highest BCUT2D eigenvalue weighted by Gasteiger charge is 2.64. The number of hydrogen-bond acceptors (Lipinski definition) is 6. The quantitative estimate of drug-likeness (QED) is 0.378. The van der Waals surface area contributed by atoms with Crippen molar-refractivity contribution in [3.63, 3.8) is 0 Å². The molecule has 4 saturated carbocycles. The van der Waals surface area contributed by atoms with Crippen LogP contribution in [0.4, 0.5) is 0 Å². The number of nitrogens with zero attached hydrogens (tertiary/aromatic N) is 1. The number of benzene rings is 1. The van der Waals surface area contributed by atoms with Gasteiger partial charge in [0.25, 0.3) is 0 Å². The number of nitrogens with one attached hydrogen (secondary N) is 1. The molecular formula is C33H50N2O4. The van der Waals surface area contributed by atoms with Crippen LogP contribution < -0.4 is 5.32 Å². The molecule has 216 valence electrons. The van der Waals surface area contributed by atoms with E-state index in [2.05, 4.69) is 45.1 Å². The smallest absolute Gasteiger partial charge is 0.302 e. The van der Waals surface area contributed by atoms with Gasteiger partial charge >= 0.3 is 5.97 Å². The number of aliphatic hydroxyl groups excluding tert-OH is 1. The van der Waals surface area contributed by atoms with Gasteiger partial charge in [0.2, 0.25) is 0 Å². The summed E-state index contributed by atoms with van der Waals surface area (Å²) in [6, 6.07) is 9.75. The number of aliphatic hydroxyl groups is 1. The molecular weight excluding hydrogens is 488 g/mol. The number of hydrogen-bond donors (Lipinski definition) is 2. The van der Waals surface area contributed by atoms with Crippen LogP contribution in [-0.2, 0) is 9.53 Å². The molecule has 5 rings (SSSR count). The lowest BCUT2D eigenvalue weighted by atomic mass is 9.44. The molecule has 1 aromatic carbocycles. The predicted octanol–water partition coefficient (Wildman–Crippen LogP) is 4.95. The Morgan fingerprint density at radius 3 is 2.38 bits per heavy atom. The summed E-state index contributed by atoms with van der Waals surface area (Å²) in [6.45, 7) is 8.99. The molecule has 4 fully saturated rings. The van der Waals surface area contributed by atoms with Crippen LogP contribution in [0.1, 0.15) is 83.0 Å². The normalized spacial score (nSPS) is 42.3. The van der Waals surface area contributed by atoms with Crippen molar-refractivity contribution in [2.75, 3.05) is 20.6 Å². The van der Waals surface area contributed by atoms with Gasteiger partial charge in [0.05, 0.1) is 12.6 Å². The van der Waals surface area contributed by atoms with E-state index in [1.807, 2.05) is 30.3 Å². The van der Waals surface area contributed by atoms with Crippen LogP contribution >= 0.6 is 0 Å². The molecule has 0 saturated heterocycles. The Kier molecular flexibility index (Phi) is 8.04. The van der Waals surface area contributed by atoms with Gasteiger partial charge in [0.15, 0.2) is 5.78 Å². The summed E-state index contributed by atoms with van der Waals surface area (Å²) in [5, 5.41) is 14.8. The van der Waals surface area contributed by atoms with Crippen LogP contribution in [0.3, 0.4) is 0 Å². The molecule has 0 aromatic heterocycles. The minimum Gasteiger partial charge on any atom is -0.461 e. The lowest BCUT2D eigenvalue weighted by molar-refractivity contribution is -0.180. The maximum Gasteiger partial charge on any atom is 0.302 e. The maximum absolute atomic E-state index is 12.8. The first-order valence-corrected chi connectivity index (χ1v) is 15.3. The van der Waals surface area contributed by atoms with Crippen molar-refractivity contribution < 1.29 is 19.4 Å². The molecule has 4 aliphatic rings. The highest BCUT2D eigenvalue weighted by atomic mass is 16.5. The molecule has 0 bridgehead atoms. The molecule has 6 unspecified atom stereocenters. The van der Waals surface area contributed by atoms with E-state index in [4.69, 9.17) is 4.74 Å². The Balaban J connectivity index is 1.34. The van der Waals surface area contributed by atoms with Gasteiger partial charge in [-0.05, 0) is 94.5 Å². The monoisotopic (exact) mass is 538 g/mol. The van der Waals surface area contributed by atoms with Gasteiger partial charge in [-0.1, -0.05) is 44.2 Å². The van der Waals surface area contributed by atoms with E-state index in [9.17, 15) is 14.7 Å². The number of fused-ring (bicyclic) bond motifs is 5. The molecule has 39 heavy (non-hydrogen) atoms. The molecule has 2 N–H and O–H groups in total. The zero-order valence-electron chi connectivity index (χ0n) is 24.9. The fourth-order valence-electron chi connectivity index (χ4n) is 10.1. The lowest BCUT2D eigenvalue weighted by Crippen LogP contribution is -2.62. The largest absolute Gasteiger partial charge is 0.461 e. The summed E-state index contributed by atoms with van der Waals surface area (Å²) < 4.78 is 6.10. The van der Waals surface area contributed by atoms with E-state index in [0.717, 1.165) is 38.5 Å². The lowest BCUT2D eigenvalue weighted by Gasteiger charge is -2.62. The van der Waals surface area contributed by atoms with Crippen LogP contribution in [0.15, 0.2) is 30.3 Å². The SMILES string of the molecule is CC(=O)O[C@H]1C(NCC(=O)c2ccccc2)CC[C@]2(C)C3CC[C@@]4(C)C(CC(O)[C@@H]4C(C)N(C)C)[C@@H]3CCC12. The highest BCUT2D eigenvalue weighted by molar-refractivity contribution is 5.97. The van der Waals surface area contributed by atoms with Crippen molar-refractivity contribution in [3.05, 3.63) is 35.9 Å². The topological polar surface area (TPSA) is 78.9 Å². The third kappa shape index (κ3) is 4.99. The van der Waals surface area contributed by atoms with Crippen molar-refractivity contribution in [2.45, 2.75) is 96.9 Å². The minimum absolute atomic E-state index is 0.0105. The fraction of sp³-hybridized carbons (Fsp3) is 0.758. The van der Waals surface area contributed by atoms with Gasteiger partial charge < -0.3 is 20.1 Å². The third-order valence-corrected chi connectivity index (χ3v) is 12.1. The van der Waals surface area contributed by atoms with Crippen LogP contribution in [0, 0.1) is 40.4 Å². The van der Waals surface area contributed by atoms with Gasteiger partial charge in [-0.3, -0.25) is 9.59 Å². The van der Waals surface area contributed by atoms with Gasteiger partial charge in [0, 0.05) is 36.4 Å². The molecule has 0 radical (unpaired) electrons. The standard InChI is InChI=1S/C33H50N2O4/c1-20(35(5)6)30-28(37)18-26-23-12-13-25-31(39-21(2)36)27(34-19-29(38)22-10-8-7-9-11-22)15-17-32(25,3)24(23)14-16-33(26,30)4/h7-11,20,23-28,30-31,34,37H,12-19H2,1-6H3/t20?,23-,24?,25?,26?,27?,28?,30+,31-,32-,33+/m1/s1. The van der Waals surface area contributed by atoms with E-state index in [1.165, 1.54) is 13.3 Å². The Labute approximate surface area is 235 Å². The first-order chi connectivity index (χ1) is 18.5. The maximum atomic E-state index is 12.8. The van der Waals surface area contributed by atoms with E-state index in [0.29, 0.717) is 35.3 Å². The highest BCUT2D eigenvalue weighted by Crippen LogP contribution is 2.68. The number of carbonyl (C=O) groups excluding carboxylic acids is 2. The molecule has 0 heterocycles. The molecule has 0 amide bonds. The van der Waals surface area contributed by atoms with Crippen LogP contribution in [-0.4, -0.2) is 66.7 Å². The number of carbonyl (C=O) groups is 2. The van der Waals surface area contributed by atoms with Gasteiger partial charge in [0.1, 0.15) is 6.10 Å². The van der Waals surface area contributed by atoms with Crippen molar-refractivity contribution in [1.82, 2.24) is 10.2 Å². The van der Waals surface area contributed by atoms with Crippen molar-refractivity contribution in [3.8, 4) is 0 Å². The molecule has 0 aliphatic heterocycles. The summed E-state index contributed by atoms with van der Waals surface area (Å²) in [4.78, 5) is 27.4. The van der Waals surface area contributed by atoms with Gasteiger partial charge in [-0.15, -0.1) is 0 Å². The summed E-state index contributed by atoms with van der Waals surface area (Å²) >= 11 is 0. The summed E-state index contributed by atoms with van der Waals surface area (Å²) in [5.74, 6) is 2.17. The second kappa shape index (κ2) is 10.9. The molecule has 6 nitrogen and oxygen atoms in total. The number of ether oxygens (including phenoxy) is 1. The van der Waals surface area contributed by atoms with Crippen LogP contribution in [0.25, 0.3) is 0 Å². The van der Waals surface area contributed by atoms with E-state index < -0.39 is 0 Å². The number of ketones is 1. The summed E-state index contributed by atoms with van der Waals surface area (Å²) in [7, 11) is 4.28. The molecule has 6 heteroatoms. The van der Waals surface area contributed by atoms with Crippen molar-refractivity contribution in [2.24, 2.45) is 40.4 Å². The second-order valence-electron chi connectivity index (χ2n) is 14.0. The molecule has 1 aromatic rings. The first kappa shape index (κ1) is 28.8. The van der Waals surface area contributed by atoms with Crippen molar-refractivity contribution in [1.29, 1.82) is 0 Å². The van der Waals surface area contributed by atoms with Crippen molar-refractivity contribution >= 4 is 11.8 Å². The molecule has 11 atom stereocenters. The number of rotatable bonds is 7. The number of Topliss-reactive ketones (excluding diaryl/α,β-unsaturated/α-hetero) is 1. The van der Waals surface area contributed by atoms with Gasteiger partial charge in [-0.2, -0.15) is 0 Å². The average molecular weight is 539 g/mol. The average Bonchev–Trinajstić information content (AvgIpc) is 3.17. The Hall–Kier alpha value is -1.76. The van der Waals surface area contributed by atoms with Crippen LogP contribution in [0.2, 0.25) is 0 Å². The zero-order valence-corrected chi connectivity index (χ0v) is 24.9. The molecule has 0 spiro atoms. The third-order valence-electron chi connectivity index (χ3n) is 12.1. The first-order valence-electron chi connectivity index (χ1n) is 15.3. The van der Waals surface area contributed by atoms with E-state index in [1.54, 1.807) is 0 Å². The number of esters is 1. The Bertz CT molecular complexity index is 1050. The minimum atomic E-state index is -0.238. The summed E-state index contributed by atoms with van der Waals surface area (Å²) in [6.07, 6.45) is 6.97. The predicted molar refractivity (Wildman–Crippen MR) is 153 cm³/mol. The van der Waals surface area contributed by atoms with E-state index in [-0.39, 0.29) is 53.3 Å². The summed E-state index contributed by atoms with van der Waals surface area (Å²) in [5.41, 5.74) is 0.975. The second-order valence-corrected chi connectivity index (χ2v) is 14.0. The zero-order chi connectivity index (χ0) is 28.1. The Morgan fingerprint density at radius 1 is 1.03 bits per heavy atom. The van der Waals surface area contributed by atoms with Gasteiger partial charge in [-0.25, -0.2) is 0 Å².